The molecule has 2 N–H and O–H groups in total. The monoisotopic (exact) mass is 307 g/mol. The Hall–Kier alpha value is -2.28. The first kappa shape index (κ1) is 14.6. The number of halogens is 2. The van der Waals surface area contributed by atoms with Crippen LogP contribution >= 0.6 is 0 Å². The van der Waals surface area contributed by atoms with Gasteiger partial charge in [0.05, 0.1) is 5.69 Å². The van der Waals surface area contributed by atoms with Gasteiger partial charge in [0.2, 0.25) is 0 Å². The van der Waals surface area contributed by atoms with Crippen molar-refractivity contribution in [3.63, 3.8) is 0 Å². The number of carbonyl (C=O) groups is 1. The van der Waals surface area contributed by atoms with E-state index in [-0.39, 0.29) is 18.5 Å². The lowest BCUT2D eigenvalue weighted by Crippen LogP contribution is -2.59. The average Bonchev–Trinajstić information content (AvgIpc) is 2.99. The van der Waals surface area contributed by atoms with Gasteiger partial charge in [0.15, 0.2) is 0 Å². The topological polar surface area (TPSA) is 67.2 Å². The molecule has 3 rings (SSSR count). The van der Waals surface area contributed by atoms with Crippen molar-refractivity contribution in [2.24, 2.45) is 0 Å². The van der Waals surface area contributed by atoms with E-state index in [1.807, 2.05) is 0 Å². The summed E-state index contributed by atoms with van der Waals surface area (Å²) in [6, 6.07) is 8.08. The van der Waals surface area contributed by atoms with E-state index in [2.05, 4.69) is 10.4 Å². The lowest BCUT2D eigenvalue weighted by atomic mass is 9.75. The van der Waals surface area contributed by atoms with Gasteiger partial charge in [-0.05, 0) is 49.6 Å². The van der Waals surface area contributed by atoms with Gasteiger partial charge in [-0.3, -0.25) is 4.79 Å². The van der Waals surface area contributed by atoms with Crippen LogP contribution in [0.15, 0.2) is 42.7 Å². The number of carbonyl (C=O) groups excluding carboxylic acids is 1. The van der Waals surface area contributed by atoms with Crippen LogP contribution in [-0.2, 0) is 4.79 Å². The number of benzene rings is 1. The molecule has 5 nitrogen and oxygen atoms in total. The van der Waals surface area contributed by atoms with Crippen molar-refractivity contribution in [3.05, 3.63) is 42.7 Å². The van der Waals surface area contributed by atoms with Gasteiger partial charge in [0.1, 0.15) is 5.60 Å². The fraction of sp³-hybridized carbons (Fsp3) is 0.333. The third kappa shape index (κ3) is 2.37. The van der Waals surface area contributed by atoms with Crippen molar-refractivity contribution >= 4 is 11.6 Å². The van der Waals surface area contributed by atoms with Crippen molar-refractivity contribution in [1.29, 1.82) is 0 Å². The predicted octanol–water partition coefficient (Wildman–Crippen LogP) is 2.36. The molecule has 0 saturated heterocycles. The summed E-state index contributed by atoms with van der Waals surface area (Å²) in [4.78, 5) is 11.7. The van der Waals surface area contributed by atoms with Crippen LogP contribution in [0.2, 0.25) is 0 Å². The summed E-state index contributed by atoms with van der Waals surface area (Å²) < 4.78 is 29.5. The molecule has 0 unspecified atom stereocenters. The molecule has 22 heavy (non-hydrogen) atoms. The highest BCUT2D eigenvalue weighted by Gasteiger charge is 2.61. The largest absolute Gasteiger partial charge is 0.383 e. The summed E-state index contributed by atoms with van der Waals surface area (Å²) in [7, 11) is 0. The molecule has 116 valence electrons. The molecule has 0 aliphatic heterocycles. The summed E-state index contributed by atoms with van der Waals surface area (Å²) >= 11 is 0. The van der Waals surface area contributed by atoms with E-state index in [0.717, 1.165) is 5.69 Å². The zero-order valence-electron chi connectivity index (χ0n) is 11.7. The number of anilines is 1. The number of rotatable bonds is 4. The first-order chi connectivity index (χ1) is 10.4. The Kier molecular flexibility index (Phi) is 3.44. The Bertz CT molecular complexity index is 665. The van der Waals surface area contributed by atoms with Crippen LogP contribution in [-0.4, -0.2) is 32.3 Å². The van der Waals surface area contributed by atoms with Gasteiger partial charge in [0.25, 0.3) is 5.91 Å². The number of hydrogen-bond acceptors (Lipinski definition) is 3. The Morgan fingerprint density at radius 1 is 1.32 bits per heavy atom. The molecule has 1 aromatic heterocycles. The fourth-order valence-electron chi connectivity index (χ4n) is 2.37. The Morgan fingerprint density at radius 3 is 2.50 bits per heavy atom. The highest BCUT2D eigenvalue weighted by molar-refractivity contribution is 5.97. The summed E-state index contributed by atoms with van der Waals surface area (Å²) in [6.45, 7) is 0. The number of alkyl halides is 2. The van der Waals surface area contributed by atoms with Crippen LogP contribution in [0.1, 0.15) is 19.3 Å². The minimum Gasteiger partial charge on any atom is -0.383 e. The second kappa shape index (κ2) is 5.17. The SMILES string of the molecule is O=C(Nc1ccc(-n2cccn2)cc1)C(F)(F)C1(O)CCC1. The van der Waals surface area contributed by atoms with E-state index in [4.69, 9.17) is 0 Å². The zero-order chi connectivity index (χ0) is 15.8. The zero-order valence-corrected chi connectivity index (χ0v) is 11.7. The van der Waals surface area contributed by atoms with E-state index < -0.39 is 17.4 Å². The van der Waals surface area contributed by atoms with Gasteiger partial charge in [0, 0.05) is 18.1 Å². The van der Waals surface area contributed by atoms with Gasteiger partial charge >= 0.3 is 5.92 Å². The van der Waals surface area contributed by atoms with Crippen molar-refractivity contribution in [2.45, 2.75) is 30.8 Å². The molecule has 0 radical (unpaired) electrons. The molecule has 1 aliphatic rings. The van der Waals surface area contributed by atoms with Gasteiger partial charge in [-0.15, -0.1) is 0 Å². The number of nitrogens with zero attached hydrogens (tertiary/aromatic N) is 2. The smallest absolute Gasteiger partial charge is 0.352 e. The molecule has 1 amide bonds. The van der Waals surface area contributed by atoms with Crippen molar-refractivity contribution in [3.8, 4) is 5.69 Å². The van der Waals surface area contributed by atoms with Crippen LogP contribution in [0, 0.1) is 0 Å². The number of aliphatic hydroxyl groups is 1. The maximum Gasteiger partial charge on any atom is 0.352 e. The second-order valence-corrected chi connectivity index (χ2v) is 5.41. The van der Waals surface area contributed by atoms with E-state index in [1.165, 1.54) is 12.1 Å². The summed E-state index contributed by atoms with van der Waals surface area (Å²) in [6.07, 6.45) is 3.73. The second-order valence-electron chi connectivity index (χ2n) is 5.41. The molecule has 0 spiro atoms. The quantitative estimate of drug-likeness (QED) is 0.911. The van der Waals surface area contributed by atoms with Crippen molar-refractivity contribution < 1.29 is 18.7 Å². The third-order valence-corrected chi connectivity index (χ3v) is 3.94. The van der Waals surface area contributed by atoms with Crippen molar-refractivity contribution in [1.82, 2.24) is 9.78 Å². The number of hydrogen-bond donors (Lipinski definition) is 2. The summed E-state index contributed by atoms with van der Waals surface area (Å²) in [5, 5.41) is 15.9. The van der Waals surface area contributed by atoms with Crippen LogP contribution in [0.5, 0.6) is 0 Å². The molecule has 1 heterocycles. The Balaban J connectivity index is 1.72. The van der Waals surface area contributed by atoms with E-state index in [0.29, 0.717) is 6.42 Å². The molecule has 1 saturated carbocycles. The summed E-state index contributed by atoms with van der Waals surface area (Å²) in [5.74, 6) is -5.28. The maximum atomic E-state index is 14.0. The highest BCUT2D eigenvalue weighted by Crippen LogP contribution is 2.44. The molecule has 1 aliphatic carbocycles. The molecular formula is C15H15F2N3O2. The average molecular weight is 307 g/mol. The molecule has 0 bridgehead atoms. The lowest BCUT2D eigenvalue weighted by Gasteiger charge is -2.41. The first-order valence-corrected chi connectivity index (χ1v) is 6.94. The maximum absolute atomic E-state index is 14.0. The predicted molar refractivity (Wildman–Crippen MR) is 75.9 cm³/mol. The Morgan fingerprint density at radius 2 is 2.00 bits per heavy atom. The third-order valence-electron chi connectivity index (χ3n) is 3.94. The molecule has 2 aromatic rings. The van der Waals surface area contributed by atoms with Crippen LogP contribution < -0.4 is 5.32 Å². The first-order valence-electron chi connectivity index (χ1n) is 6.94. The minimum atomic E-state index is -3.80. The van der Waals surface area contributed by atoms with Gasteiger partial charge in [-0.1, -0.05) is 0 Å². The normalized spacial score (nSPS) is 16.9. The highest BCUT2D eigenvalue weighted by atomic mass is 19.3. The molecule has 1 fully saturated rings. The molecule has 0 atom stereocenters. The van der Waals surface area contributed by atoms with Gasteiger partial charge < -0.3 is 10.4 Å². The van der Waals surface area contributed by atoms with Crippen LogP contribution in [0.25, 0.3) is 5.69 Å². The van der Waals surface area contributed by atoms with E-state index >= 15 is 0 Å². The fourth-order valence-corrected chi connectivity index (χ4v) is 2.37. The number of amides is 1. The Labute approximate surface area is 125 Å². The lowest BCUT2D eigenvalue weighted by molar-refractivity contribution is -0.212. The van der Waals surface area contributed by atoms with Gasteiger partial charge in [-0.25, -0.2) is 4.68 Å². The molecule has 1 aromatic carbocycles. The standard InChI is InChI=1S/C15H15F2N3O2/c16-15(17,14(22)7-1-8-14)13(21)19-11-3-5-12(6-4-11)20-10-2-9-18-20/h2-6,9-10,22H,1,7-8H2,(H,19,21). The molecule has 7 heteroatoms. The van der Waals surface area contributed by atoms with Crippen LogP contribution in [0.4, 0.5) is 14.5 Å². The molecular weight excluding hydrogens is 292 g/mol. The van der Waals surface area contributed by atoms with Crippen LogP contribution in [0.3, 0.4) is 0 Å². The number of aromatic nitrogens is 2. The minimum absolute atomic E-state index is 0.0638. The van der Waals surface area contributed by atoms with E-state index in [9.17, 15) is 18.7 Å². The van der Waals surface area contributed by atoms with Gasteiger partial charge in [-0.2, -0.15) is 13.9 Å². The number of nitrogens with one attached hydrogen (secondary N) is 1. The van der Waals surface area contributed by atoms with Crippen molar-refractivity contribution in [2.75, 3.05) is 5.32 Å². The summed E-state index contributed by atoms with van der Waals surface area (Å²) in [5.41, 5.74) is -1.23. The van der Waals surface area contributed by atoms with E-state index in [1.54, 1.807) is 35.3 Å².